The molecule has 19 heavy (non-hydrogen) atoms. The molecule has 0 fully saturated rings. The van der Waals surface area contributed by atoms with E-state index in [1.165, 1.54) is 11.0 Å². The topological polar surface area (TPSA) is 49.8 Å². The van der Waals surface area contributed by atoms with Crippen molar-refractivity contribution in [1.29, 1.82) is 0 Å². The summed E-state index contributed by atoms with van der Waals surface area (Å²) in [4.78, 5) is 13.2. The van der Waals surface area contributed by atoms with Crippen LogP contribution in [0.4, 0.5) is 4.79 Å². The van der Waals surface area contributed by atoms with Gasteiger partial charge in [-0.2, -0.15) is 0 Å². The van der Waals surface area contributed by atoms with Gasteiger partial charge in [0, 0.05) is 19.2 Å². The number of hydrogen-bond acceptors (Lipinski definition) is 3. The van der Waals surface area contributed by atoms with Gasteiger partial charge in [0.2, 0.25) is 0 Å². The SMILES string of the molecule is C#Cc1cc(O)cc(CN(C)C(=O)OC(C)(C)C)c1. The zero-order valence-corrected chi connectivity index (χ0v) is 11.7. The third-order valence-corrected chi connectivity index (χ3v) is 2.27. The van der Waals surface area contributed by atoms with Crippen LogP contribution >= 0.6 is 0 Å². The molecule has 0 saturated heterocycles. The van der Waals surface area contributed by atoms with E-state index in [0.717, 1.165) is 5.56 Å². The molecule has 0 aliphatic rings. The summed E-state index contributed by atoms with van der Waals surface area (Å²) in [6.45, 7) is 5.74. The lowest BCUT2D eigenvalue weighted by molar-refractivity contribution is 0.0285. The summed E-state index contributed by atoms with van der Waals surface area (Å²) in [5.41, 5.74) is 0.794. The summed E-state index contributed by atoms with van der Waals surface area (Å²) in [6.07, 6.45) is 4.88. The zero-order chi connectivity index (χ0) is 14.6. The molecule has 1 rings (SSSR count). The van der Waals surface area contributed by atoms with Crippen molar-refractivity contribution in [2.75, 3.05) is 7.05 Å². The van der Waals surface area contributed by atoms with Gasteiger partial charge in [0.15, 0.2) is 0 Å². The maximum Gasteiger partial charge on any atom is 0.410 e. The second-order valence-corrected chi connectivity index (χ2v) is 5.37. The molecule has 1 amide bonds. The zero-order valence-electron chi connectivity index (χ0n) is 11.7. The summed E-state index contributed by atoms with van der Waals surface area (Å²) < 4.78 is 5.24. The van der Waals surface area contributed by atoms with Gasteiger partial charge in [-0.15, -0.1) is 6.42 Å². The fourth-order valence-corrected chi connectivity index (χ4v) is 1.53. The van der Waals surface area contributed by atoms with Crippen molar-refractivity contribution in [3.8, 4) is 18.1 Å². The number of benzene rings is 1. The van der Waals surface area contributed by atoms with Gasteiger partial charge in [-0.3, -0.25) is 0 Å². The van der Waals surface area contributed by atoms with Crippen LogP contribution in [0.2, 0.25) is 0 Å². The van der Waals surface area contributed by atoms with Crippen molar-refractivity contribution >= 4 is 6.09 Å². The first-order valence-electron chi connectivity index (χ1n) is 5.95. The molecule has 0 unspecified atom stereocenters. The van der Waals surface area contributed by atoms with E-state index in [1.54, 1.807) is 19.2 Å². The van der Waals surface area contributed by atoms with Crippen LogP contribution in [0.15, 0.2) is 18.2 Å². The van der Waals surface area contributed by atoms with Gasteiger partial charge in [-0.05, 0) is 44.5 Å². The van der Waals surface area contributed by atoms with E-state index < -0.39 is 11.7 Å². The lowest BCUT2D eigenvalue weighted by Crippen LogP contribution is -2.33. The van der Waals surface area contributed by atoms with Crippen molar-refractivity contribution < 1.29 is 14.6 Å². The third-order valence-electron chi connectivity index (χ3n) is 2.27. The number of carbonyl (C=O) groups excluding carboxylic acids is 1. The number of phenolic OH excluding ortho intramolecular Hbond substituents is 1. The Morgan fingerprint density at radius 1 is 1.42 bits per heavy atom. The van der Waals surface area contributed by atoms with Gasteiger partial charge in [0.25, 0.3) is 0 Å². The molecule has 1 aromatic rings. The number of ether oxygens (including phenoxy) is 1. The fourth-order valence-electron chi connectivity index (χ4n) is 1.53. The van der Waals surface area contributed by atoms with Gasteiger partial charge >= 0.3 is 6.09 Å². The van der Waals surface area contributed by atoms with Crippen molar-refractivity contribution in [2.24, 2.45) is 0 Å². The van der Waals surface area contributed by atoms with Crippen LogP contribution in [-0.2, 0) is 11.3 Å². The average molecular weight is 261 g/mol. The molecule has 0 saturated carbocycles. The van der Waals surface area contributed by atoms with Gasteiger partial charge < -0.3 is 14.7 Å². The van der Waals surface area contributed by atoms with Gasteiger partial charge in [-0.1, -0.05) is 5.92 Å². The highest BCUT2D eigenvalue weighted by atomic mass is 16.6. The Morgan fingerprint density at radius 3 is 2.58 bits per heavy atom. The van der Waals surface area contributed by atoms with Crippen LogP contribution in [0.25, 0.3) is 0 Å². The predicted molar refractivity (Wildman–Crippen MR) is 73.7 cm³/mol. The molecule has 0 atom stereocenters. The van der Waals surface area contributed by atoms with E-state index in [1.807, 2.05) is 20.8 Å². The Morgan fingerprint density at radius 2 is 2.05 bits per heavy atom. The third kappa shape index (κ3) is 4.92. The summed E-state index contributed by atoms with van der Waals surface area (Å²) in [6, 6.07) is 4.82. The summed E-state index contributed by atoms with van der Waals surface area (Å²) in [5.74, 6) is 2.54. The van der Waals surface area contributed by atoms with Crippen molar-refractivity contribution in [3.05, 3.63) is 29.3 Å². The van der Waals surface area contributed by atoms with Crippen LogP contribution in [0.3, 0.4) is 0 Å². The van der Waals surface area contributed by atoms with Crippen LogP contribution in [0, 0.1) is 12.3 Å². The Balaban J connectivity index is 2.77. The highest BCUT2D eigenvalue weighted by molar-refractivity contribution is 5.67. The van der Waals surface area contributed by atoms with E-state index in [9.17, 15) is 9.90 Å². The number of phenols is 1. The first kappa shape index (κ1) is 14.9. The predicted octanol–water partition coefficient (Wildman–Crippen LogP) is 2.74. The standard InChI is InChI=1S/C15H19NO3/c1-6-11-7-12(9-13(17)8-11)10-16(5)14(18)19-15(2,3)4/h1,7-9,17H,10H2,2-5H3. The molecule has 0 bridgehead atoms. The van der Waals surface area contributed by atoms with E-state index in [2.05, 4.69) is 5.92 Å². The highest BCUT2D eigenvalue weighted by Crippen LogP contribution is 2.17. The van der Waals surface area contributed by atoms with Crippen LogP contribution in [0.5, 0.6) is 5.75 Å². The molecular weight excluding hydrogens is 242 g/mol. The van der Waals surface area contributed by atoms with Crippen molar-refractivity contribution in [2.45, 2.75) is 32.9 Å². The fraction of sp³-hybridized carbons (Fsp3) is 0.400. The van der Waals surface area contributed by atoms with Gasteiger partial charge in [-0.25, -0.2) is 4.79 Å². The normalized spacial score (nSPS) is 10.7. The van der Waals surface area contributed by atoms with E-state index in [4.69, 9.17) is 11.2 Å². The molecule has 0 radical (unpaired) electrons. The van der Waals surface area contributed by atoms with Crippen LogP contribution in [-0.4, -0.2) is 28.7 Å². The van der Waals surface area contributed by atoms with E-state index >= 15 is 0 Å². The summed E-state index contributed by atoms with van der Waals surface area (Å²) in [7, 11) is 1.63. The summed E-state index contributed by atoms with van der Waals surface area (Å²) in [5, 5.41) is 9.53. The molecular formula is C15H19NO3. The second-order valence-electron chi connectivity index (χ2n) is 5.37. The Hall–Kier alpha value is -2.15. The van der Waals surface area contributed by atoms with E-state index in [-0.39, 0.29) is 5.75 Å². The number of hydrogen-bond donors (Lipinski definition) is 1. The number of nitrogens with zero attached hydrogens (tertiary/aromatic N) is 1. The quantitative estimate of drug-likeness (QED) is 0.833. The Labute approximate surface area is 114 Å². The highest BCUT2D eigenvalue weighted by Gasteiger charge is 2.19. The van der Waals surface area contributed by atoms with Crippen molar-refractivity contribution in [1.82, 2.24) is 4.90 Å². The maximum atomic E-state index is 11.8. The molecule has 1 aromatic carbocycles. The van der Waals surface area contributed by atoms with Crippen LogP contribution < -0.4 is 0 Å². The largest absolute Gasteiger partial charge is 0.508 e. The number of aromatic hydroxyl groups is 1. The van der Waals surface area contributed by atoms with Gasteiger partial charge in [0.1, 0.15) is 11.4 Å². The lowest BCUT2D eigenvalue weighted by atomic mass is 10.1. The number of rotatable bonds is 2. The summed E-state index contributed by atoms with van der Waals surface area (Å²) >= 11 is 0. The second kappa shape index (κ2) is 5.66. The minimum absolute atomic E-state index is 0.0861. The number of carbonyl (C=O) groups is 1. The minimum Gasteiger partial charge on any atom is -0.508 e. The first-order chi connectivity index (χ1) is 8.71. The molecule has 0 spiro atoms. The van der Waals surface area contributed by atoms with E-state index in [0.29, 0.717) is 12.1 Å². The van der Waals surface area contributed by atoms with Crippen LogP contribution in [0.1, 0.15) is 31.9 Å². The maximum absolute atomic E-state index is 11.8. The molecule has 102 valence electrons. The molecule has 0 aliphatic heterocycles. The molecule has 0 aliphatic carbocycles. The first-order valence-corrected chi connectivity index (χ1v) is 5.95. The molecule has 0 aromatic heterocycles. The Bertz CT molecular complexity index is 509. The molecule has 4 nitrogen and oxygen atoms in total. The molecule has 4 heteroatoms. The smallest absolute Gasteiger partial charge is 0.410 e. The number of terminal acetylenes is 1. The molecule has 1 N–H and O–H groups in total. The minimum atomic E-state index is -0.534. The van der Waals surface area contributed by atoms with Crippen molar-refractivity contribution in [3.63, 3.8) is 0 Å². The lowest BCUT2D eigenvalue weighted by Gasteiger charge is -2.24. The Kier molecular flexibility index (Phi) is 4.44. The van der Waals surface area contributed by atoms with Gasteiger partial charge in [0.05, 0.1) is 0 Å². The monoisotopic (exact) mass is 261 g/mol. The average Bonchev–Trinajstić information content (AvgIpc) is 2.25. The number of amides is 1. The molecule has 0 heterocycles.